The van der Waals surface area contributed by atoms with E-state index in [4.69, 9.17) is 9.84 Å². The smallest absolute Gasteiger partial charge is 0.222 e. The van der Waals surface area contributed by atoms with Crippen LogP contribution < -0.4 is 0 Å². The first-order chi connectivity index (χ1) is 6.74. The van der Waals surface area contributed by atoms with Crippen LogP contribution in [0.2, 0.25) is 0 Å². The lowest BCUT2D eigenvalue weighted by molar-refractivity contribution is -0.132. The number of aliphatic hydroxyl groups excluding tert-OH is 1. The fraction of sp³-hybridized carbons (Fsp3) is 0.900. The van der Waals surface area contributed by atoms with Crippen molar-refractivity contribution in [3.8, 4) is 0 Å². The van der Waals surface area contributed by atoms with Gasteiger partial charge in [-0.3, -0.25) is 4.79 Å². The summed E-state index contributed by atoms with van der Waals surface area (Å²) in [4.78, 5) is 13.5. The van der Waals surface area contributed by atoms with Crippen LogP contribution in [0.1, 0.15) is 26.2 Å². The van der Waals surface area contributed by atoms with Crippen LogP contribution in [0.3, 0.4) is 0 Å². The van der Waals surface area contributed by atoms with Crippen molar-refractivity contribution in [1.29, 1.82) is 0 Å². The van der Waals surface area contributed by atoms with Crippen LogP contribution >= 0.6 is 0 Å². The Kier molecular flexibility index (Phi) is 4.90. The largest absolute Gasteiger partial charge is 0.396 e. The predicted octanol–water partition coefficient (Wildman–Crippen LogP) is 0.396. The quantitative estimate of drug-likeness (QED) is 0.719. The van der Waals surface area contributed by atoms with Crippen molar-refractivity contribution in [2.75, 3.05) is 26.3 Å². The third-order valence-corrected chi connectivity index (χ3v) is 2.35. The van der Waals surface area contributed by atoms with Crippen LogP contribution in [0.4, 0.5) is 0 Å². The molecule has 1 N–H and O–H groups in total. The summed E-state index contributed by atoms with van der Waals surface area (Å²) in [6.07, 6.45) is 2.05. The summed E-state index contributed by atoms with van der Waals surface area (Å²) in [7, 11) is 0. The van der Waals surface area contributed by atoms with Crippen LogP contribution in [0.25, 0.3) is 0 Å². The van der Waals surface area contributed by atoms with Crippen LogP contribution in [-0.4, -0.2) is 48.3 Å². The maximum absolute atomic E-state index is 11.6. The van der Waals surface area contributed by atoms with E-state index < -0.39 is 0 Å². The number of aliphatic hydroxyl groups is 1. The highest BCUT2D eigenvalue weighted by Gasteiger charge is 2.18. The van der Waals surface area contributed by atoms with Crippen molar-refractivity contribution >= 4 is 5.91 Å². The topological polar surface area (TPSA) is 49.8 Å². The molecule has 1 rings (SSSR count). The van der Waals surface area contributed by atoms with Gasteiger partial charge in [0.2, 0.25) is 5.91 Å². The number of carbonyl (C=O) groups is 1. The maximum atomic E-state index is 11.6. The molecule has 0 bridgehead atoms. The summed E-state index contributed by atoms with van der Waals surface area (Å²) < 4.78 is 5.44. The molecule has 1 saturated heterocycles. The number of amides is 1. The Balaban J connectivity index is 2.36. The maximum Gasteiger partial charge on any atom is 0.222 e. The van der Waals surface area contributed by atoms with Crippen molar-refractivity contribution in [3.05, 3.63) is 0 Å². The van der Waals surface area contributed by atoms with Crippen molar-refractivity contribution in [3.63, 3.8) is 0 Å². The Bertz CT molecular complexity index is 184. The fourth-order valence-corrected chi connectivity index (χ4v) is 1.61. The minimum atomic E-state index is 0.0889. The van der Waals surface area contributed by atoms with E-state index in [1.807, 2.05) is 11.8 Å². The lowest BCUT2D eigenvalue weighted by Crippen LogP contribution is -2.35. The van der Waals surface area contributed by atoms with Crippen molar-refractivity contribution in [1.82, 2.24) is 4.90 Å². The van der Waals surface area contributed by atoms with Gasteiger partial charge in [0.25, 0.3) is 0 Å². The number of carbonyl (C=O) groups excluding carboxylic acids is 1. The molecular formula is C10H19NO3. The van der Waals surface area contributed by atoms with Crippen LogP contribution in [0.5, 0.6) is 0 Å². The molecule has 0 spiro atoms. The van der Waals surface area contributed by atoms with Crippen molar-refractivity contribution < 1.29 is 14.6 Å². The van der Waals surface area contributed by atoms with Crippen LogP contribution in [0, 0.1) is 0 Å². The second-order valence-electron chi connectivity index (χ2n) is 3.70. The predicted molar refractivity (Wildman–Crippen MR) is 52.9 cm³/mol. The van der Waals surface area contributed by atoms with Gasteiger partial charge in [-0.25, -0.2) is 0 Å². The Morgan fingerprint density at radius 2 is 2.43 bits per heavy atom. The van der Waals surface area contributed by atoms with E-state index in [-0.39, 0.29) is 18.6 Å². The third-order valence-electron chi connectivity index (χ3n) is 2.35. The monoisotopic (exact) mass is 201 g/mol. The molecule has 0 radical (unpaired) electrons. The van der Waals surface area contributed by atoms with E-state index in [2.05, 4.69) is 0 Å². The first-order valence-electron chi connectivity index (χ1n) is 5.24. The minimum Gasteiger partial charge on any atom is -0.396 e. The van der Waals surface area contributed by atoms with Crippen LogP contribution in [0.15, 0.2) is 0 Å². The highest BCUT2D eigenvalue weighted by atomic mass is 16.5. The Labute approximate surface area is 84.8 Å². The minimum absolute atomic E-state index is 0.0889. The van der Waals surface area contributed by atoms with Gasteiger partial charge in [-0.1, -0.05) is 0 Å². The van der Waals surface area contributed by atoms with Crippen LogP contribution in [-0.2, 0) is 9.53 Å². The molecule has 1 aliphatic heterocycles. The fourth-order valence-electron chi connectivity index (χ4n) is 1.61. The Morgan fingerprint density at radius 3 is 3.14 bits per heavy atom. The molecule has 1 amide bonds. The molecule has 0 aromatic carbocycles. The number of hydrogen-bond donors (Lipinski definition) is 1. The zero-order chi connectivity index (χ0) is 10.4. The highest BCUT2D eigenvalue weighted by Crippen LogP contribution is 2.07. The summed E-state index contributed by atoms with van der Waals surface area (Å²) in [6, 6.07) is 0. The molecule has 0 aromatic heterocycles. The first-order valence-corrected chi connectivity index (χ1v) is 5.24. The lowest BCUT2D eigenvalue weighted by atomic mass is 10.2. The van der Waals surface area contributed by atoms with Gasteiger partial charge < -0.3 is 14.7 Å². The molecule has 4 heteroatoms. The zero-order valence-electron chi connectivity index (χ0n) is 8.74. The molecule has 4 nitrogen and oxygen atoms in total. The number of hydrogen-bond acceptors (Lipinski definition) is 3. The lowest BCUT2D eigenvalue weighted by Gasteiger charge is -2.21. The molecule has 0 aromatic rings. The second kappa shape index (κ2) is 5.98. The summed E-state index contributed by atoms with van der Waals surface area (Å²) in [5.41, 5.74) is 0. The number of rotatable bonds is 3. The average Bonchev–Trinajstić information content (AvgIpc) is 2.39. The Morgan fingerprint density at radius 1 is 1.64 bits per heavy atom. The van der Waals surface area contributed by atoms with Crippen molar-refractivity contribution in [2.45, 2.75) is 32.3 Å². The van der Waals surface area contributed by atoms with Gasteiger partial charge in [-0.2, -0.15) is 0 Å². The molecule has 1 unspecified atom stereocenters. The molecular weight excluding hydrogens is 182 g/mol. The molecule has 0 aliphatic carbocycles. The van der Waals surface area contributed by atoms with Gasteiger partial charge in [0.15, 0.2) is 0 Å². The molecule has 1 fully saturated rings. The zero-order valence-corrected chi connectivity index (χ0v) is 8.74. The summed E-state index contributed by atoms with van der Waals surface area (Å²) >= 11 is 0. The standard InChI is InChI=1S/C10H19NO3/c1-9-8-11(5-3-7-14-9)10(13)4-2-6-12/h9,12H,2-8H2,1H3. The molecule has 1 heterocycles. The van der Waals surface area contributed by atoms with Gasteiger partial charge in [0, 0.05) is 32.7 Å². The van der Waals surface area contributed by atoms with E-state index in [0.717, 1.165) is 19.6 Å². The van der Waals surface area contributed by atoms with E-state index in [9.17, 15) is 4.79 Å². The first kappa shape index (κ1) is 11.5. The van der Waals surface area contributed by atoms with Gasteiger partial charge in [0.05, 0.1) is 6.10 Å². The van der Waals surface area contributed by atoms with E-state index in [0.29, 0.717) is 19.4 Å². The van der Waals surface area contributed by atoms with Gasteiger partial charge in [0.1, 0.15) is 0 Å². The van der Waals surface area contributed by atoms with Gasteiger partial charge in [-0.05, 0) is 19.8 Å². The van der Waals surface area contributed by atoms with E-state index in [1.54, 1.807) is 0 Å². The highest BCUT2D eigenvalue weighted by molar-refractivity contribution is 5.76. The number of ether oxygens (including phenoxy) is 1. The number of nitrogens with zero attached hydrogens (tertiary/aromatic N) is 1. The van der Waals surface area contributed by atoms with Gasteiger partial charge >= 0.3 is 0 Å². The summed E-state index contributed by atoms with van der Waals surface area (Å²) in [5.74, 6) is 0.136. The average molecular weight is 201 g/mol. The third kappa shape index (κ3) is 3.64. The molecule has 1 aliphatic rings. The van der Waals surface area contributed by atoms with E-state index >= 15 is 0 Å². The summed E-state index contributed by atoms with van der Waals surface area (Å²) in [6.45, 7) is 4.28. The van der Waals surface area contributed by atoms with E-state index in [1.165, 1.54) is 0 Å². The molecule has 0 saturated carbocycles. The summed E-state index contributed by atoms with van der Waals surface area (Å²) in [5, 5.41) is 8.63. The SMILES string of the molecule is CC1CN(C(=O)CCCO)CCCO1. The van der Waals surface area contributed by atoms with Gasteiger partial charge in [-0.15, -0.1) is 0 Å². The molecule has 82 valence electrons. The van der Waals surface area contributed by atoms with Crippen molar-refractivity contribution in [2.24, 2.45) is 0 Å². The second-order valence-corrected chi connectivity index (χ2v) is 3.70. The molecule has 1 atom stereocenters. The Hall–Kier alpha value is -0.610. The normalized spacial score (nSPS) is 23.3. The molecule has 14 heavy (non-hydrogen) atoms.